The fourth-order valence-electron chi connectivity index (χ4n) is 3.14. The average Bonchev–Trinajstić information content (AvgIpc) is 2.47. The van der Waals surface area contributed by atoms with Crippen molar-refractivity contribution in [3.63, 3.8) is 0 Å². The van der Waals surface area contributed by atoms with Crippen LogP contribution in [0, 0.1) is 17.3 Å². The van der Waals surface area contributed by atoms with E-state index in [1.54, 1.807) is 0 Å². The predicted molar refractivity (Wildman–Crippen MR) is 56.9 cm³/mol. The normalized spacial score (nSPS) is 37.9. The molecular formula is C12H21NO. The molecule has 0 radical (unpaired) electrons. The van der Waals surface area contributed by atoms with E-state index in [1.165, 1.54) is 25.7 Å². The van der Waals surface area contributed by atoms with Crippen molar-refractivity contribution in [3.8, 4) is 0 Å². The average molecular weight is 195 g/mol. The first-order chi connectivity index (χ1) is 6.61. The molecule has 2 heteroatoms. The lowest BCUT2D eigenvalue weighted by Crippen LogP contribution is -2.32. The predicted octanol–water partition coefficient (Wildman–Crippen LogP) is 2.34. The third kappa shape index (κ3) is 1.79. The summed E-state index contributed by atoms with van der Waals surface area (Å²) in [6.07, 6.45) is 6.00. The molecule has 1 saturated carbocycles. The number of rotatable bonds is 1. The quantitative estimate of drug-likeness (QED) is 0.683. The van der Waals surface area contributed by atoms with Crippen molar-refractivity contribution in [3.05, 3.63) is 0 Å². The summed E-state index contributed by atoms with van der Waals surface area (Å²) in [5, 5.41) is 3.00. The Hall–Kier alpha value is -0.530. The highest BCUT2D eigenvalue weighted by molar-refractivity contribution is 5.79. The summed E-state index contributed by atoms with van der Waals surface area (Å²) < 4.78 is 0. The van der Waals surface area contributed by atoms with Crippen LogP contribution in [0.5, 0.6) is 0 Å². The Morgan fingerprint density at radius 3 is 2.86 bits per heavy atom. The van der Waals surface area contributed by atoms with Gasteiger partial charge in [-0.25, -0.2) is 0 Å². The van der Waals surface area contributed by atoms with Gasteiger partial charge in [-0.05, 0) is 30.1 Å². The third-order valence-electron chi connectivity index (χ3n) is 4.12. The number of carbonyl (C=O) groups excluding carboxylic acids is 1. The minimum Gasteiger partial charge on any atom is -0.356 e. The molecule has 1 aliphatic heterocycles. The van der Waals surface area contributed by atoms with E-state index in [4.69, 9.17) is 0 Å². The zero-order valence-electron chi connectivity index (χ0n) is 9.31. The number of amides is 1. The van der Waals surface area contributed by atoms with E-state index in [0.717, 1.165) is 24.8 Å². The van der Waals surface area contributed by atoms with Crippen LogP contribution >= 0.6 is 0 Å². The zero-order valence-corrected chi connectivity index (χ0v) is 9.31. The largest absolute Gasteiger partial charge is 0.356 e. The monoisotopic (exact) mass is 195 g/mol. The van der Waals surface area contributed by atoms with Crippen LogP contribution in [0.2, 0.25) is 0 Å². The zero-order chi connectivity index (χ0) is 10.2. The molecule has 0 aromatic heterocycles. The van der Waals surface area contributed by atoms with Crippen LogP contribution in [0.4, 0.5) is 0 Å². The van der Waals surface area contributed by atoms with Gasteiger partial charge in [0.1, 0.15) is 0 Å². The van der Waals surface area contributed by atoms with Gasteiger partial charge in [0, 0.05) is 13.0 Å². The molecule has 14 heavy (non-hydrogen) atoms. The highest BCUT2D eigenvalue weighted by Gasteiger charge is 2.42. The summed E-state index contributed by atoms with van der Waals surface area (Å²) in [5.74, 6) is 1.90. The Bertz CT molecular complexity index is 236. The molecule has 2 nitrogen and oxygen atoms in total. The molecule has 1 heterocycles. The van der Waals surface area contributed by atoms with E-state index < -0.39 is 0 Å². The Balaban J connectivity index is 2.03. The van der Waals surface area contributed by atoms with Crippen molar-refractivity contribution >= 4 is 5.91 Å². The molecule has 2 aliphatic rings. The number of hydrogen-bond acceptors (Lipinski definition) is 1. The molecular weight excluding hydrogens is 174 g/mol. The lowest BCUT2D eigenvalue weighted by Gasteiger charge is -2.38. The molecule has 2 fully saturated rings. The molecule has 1 amide bonds. The van der Waals surface area contributed by atoms with Crippen LogP contribution in [-0.4, -0.2) is 12.5 Å². The van der Waals surface area contributed by atoms with Crippen molar-refractivity contribution in [1.82, 2.24) is 5.32 Å². The van der Waals surface area contributed by atoms with Gasteiger partial charge in [0.2, 0.25) is 5.91 Å². The van der Waals surface area contributed by atoms with Crippen LogP contribution < -0.4 is 5.32 Å². The minimum atomic E-state index is 0.273. The molecule has 0 aromatic carbocycles. The van der Waals surface area contributed by atoms with E-state index in [-0.39, 0.29) is 5.91 Å². The van der Waals surface area contributed by atoms with Crippen LogP contribution in [0.1, 0.15) is 46.0 Å². The van der Waals surface area contributed by atoms with Gasteiger partial charge < -0.3 is 5.32 Å². The van der Waals surface area contributed by atoms with E-state index >= 15 is 0 Å². The van der Waals surface area contributed by atoms with E-state index in [2.05, 4.69) is 19.2 Å². The second kappa shape index (κ2) is 3.56. The van der Waals surface area contributed by atoms with Gasteiger partial charge in [-0.3, -0.25) is 4.79 Å². The molecule has 1 saturated heterocycles. The number of hydrogen-bond donors (Lipinski definition) is 1. The molecule has 0 bridgehead atoms. The highest BCUT2D eigenvalue weighted by Crippen LogP contribution is 2.45. The summed E-state index contributed by atoms with van der Waals surface area (Å²) >= 11 is 0. The van der Waals surface area contributed by atoms with Gasteiger partial charge in [0.25, 0.3) is 0 Å². The van der Waals surface area contributed by atoms with Gasteiger partial charge in [-0.2, -0.15) is 0 Å². The molecule has 1 aliphatic carbocycles. The standard InChI is InChI=1S/C12H21NO/c1-9(2)10-4-3-5-12(6-10)7-11(14)13-8-12/h9-10H,3-8H2,1-2H3,(H,13,14). The maximum absolute atomic E-state index is 11.3. The lowest BCUT2D eigenvalue weighted by molar-refractivity contribution is -0.119. The first kappa shape index (κ1) is 10.0. The highest BCUT2D eigenvalue weighted by atomic mass is 16.1. The fourth-order valence-corrected chi connectivity index (χ4v) is 3.14. The molecule has 0 aromatic rings. The fraction of sp³-hybridized carbons (Fsp3) is 0.917. The first-order valence-electron chi connectivity index (χ1n) is 5.88. The van der Waals surface area contributed by atoms with Crippen LogP contribution in [0.3, 0.4) is 0 Å². The van der Waals surface area contributed by atoms with Crippen molar-refractivity contribution in [2.75, 3.05) is 6.54 Å². The van der Waals surface area contributed by atoms with E-state index in [1.807, 2.05) is 0 Å². The second-order valence-electron chi connectivity index (χ2n) is 5.55. The summed E-state index contributed by atoms with van der Waals surface area (Å²) in [6.45, 7) is 5.57. The Kier molecular flexibility index (Phi) is 2.54. The van der Waals surface area contributed by atoms with Gasteiger partial charge in [-0.1, -0.05) is 26.7 Å². The summed E-state index contributed by atoms with van der Waals surface area (Å²) in [6, 6.07) is 0. The third-order valence-corrected chi connectivity index (χ3v) is 4.12. The summed E-state index contributed by atoms with van der Waals surface area (Å²) in [7, 11) is 0. The Labute approximate surface area is 86.5 Å². The van der Waals surface area contributed by atoms with Crippen LogP contribution in [0.25, 0.3) is 0 Å². The van der Waals surface area contributed by atoms with Crippen molar-refractivity contribution < 1.29 is 4.79 Å². The first-order valence-corrected chi connectivity index (χ1v) is 5.88. The van der Waals surface area contributed by atoms with Crippen molar-refractivity contribution in [2.45, 2.75) is 46.0 Å². The summed E-state index contributed by atoms with van der Waals surface area (Å²) in [4.78, 5) is 11.3. The molecule has 2 unspecified atom stereocenters. The van der Waals surface area contributed by atoms with Gasteiger partial charge in [0.05, 0.1) is 0 Å². The van der Waals surface area contributed by atoms with Crippen molar-refractivity contribution in [2.24, 2.45) is 17.3 Å². The maximum atomic E-state index is 11.3. The smallest absolute Gasteiger partial charge is 0.220 e. The number of nitrogens with one attached hydrogen (secondary N) is 1. The van der Waals surface area contributed by atoms with Gasteiger partial charge in [-0.15, -0.1) is 0 Å². The van der Waals surface area contributed by atoms with Gasteiger partial charge >= 0.3 is 0 Å². The molecule has 2 rings (SSSR count). The number of carbonyl (C=O) groups is 1. The van der Waals surface area contributed by atoms with Crippen LogP contribution in [0.15, 0.2) is 0 Å². The lowest BCUT2D eigenvalue weighted by atomic mass is 9.66. The van der Waals surface area contributed by atoms with Crippen molar-refractivity contribution in [1.29, 1.82) is 0 Å². The minimum absolute atomic E-state index is 0.273. The molecule has 1 spiro atoms. The Morgan fingerprint density at radius 2 is 2.29 bits per heavy atom. The molecule has 2 atom stereocenters. The van der Waals surface area contributed by atoms with Gasteiger partial charge in [0.15, 0.2) is 0 Å². The second-order valence-corrected chi connectivity index (χ2v) is 5.55. The Morgan fingerprint density at radius 1 is 1.50 bits per heavy atom. The SMILES string of the molecule is CC(C)C1CCCC2(CNC(=O)C2)C1. The van der Waals surface area contributed by atoms with Crippen LogP contribution in [-0.2, 0) is 4.79 Å². The maximum Gasteiger partial charge on any atom is 0.220 e. The topological polar surface area (TPSA) is 29.1 Å². The van der Waals surface area contributed by atoms with E-state index in [9.17, 15) is 4.79 Å². The molecule has 1 N–H and O–H groups in total. The van der Waals surface area contributed by atoms with E-state index in [0.29, 0.717) is 5.41 Å². The summed E-state index contributed by atoms with van der Waals surface area (Å²) in [5.41, 5.74) is 0.338. The molecule has 80 valence electrons.